The molecule has 1 fully saturated rings. The number of pyridine rings is 1. The van der Waals surface area contributed by atoms with E-state index in [4.69, 9.17) is 21.1 Å². The summed E-state index contributed by atoms with van der Waals surface area (Å²) in [5.74, 6) is 1.54. The molecule has 1 aliphatic heterocycles. The maximum Gasteiger partial charge on any atom is 0.201 e. The van der Waals surface area contributed by atoms with Gasteiger partial charge in [-0.05, 0) is 48.0 Å². The van der Waals surface area contributed by atoms with Gasteiger partial charge in [-0.1, -0.05) is 23.7 Å². The third-order valence-corrected chi connectivity index (χ3v) is 5.27. The smallest absolute Gasteiger partial charge is 0.201 e. The molecule has 1 aliphatic rings. The Morgan fingerprint density at radius 2 is 1.97 bits per heavy atom. The summed E-state index contributed by atoms with van der Waals surface area (Å²) in [6.45, 7) is 2.58. The maximum atomic E-state index is 5.85. The summed E-state index contributed by atoms with van der Waals surface area (Å²) >= 11 is 5.85. The number of halogens is 1. The molecule has 1 saturated heterocycles. The number of nitrogens with zero attached hydrogens (tertiary/aromatic N) is 2. The Balaban J connectivity index is 1.15. The molecule has 4 aromatic rings. The highest BCUT2D eigenvalue weighted by atomic mass is 35.5. The standard InChI is InChI=1S/C23H22ClN5O2/c24-16-3-4-18(25-11-16)14-31-20-6-1-15(2-7-20)10-26-23-28-21-8-5-17(9-22(21)29-23)27-19-12-30-13-19/h1-9,11,19,27H,10,12-14H2,(H2,26,28,29). The molecule has 8 heteroatoms. The molecule has 0 atom stereocenters. The lowest BCUT2D eigenvalue weighted by atomic mass is 10.2. The summed E-state index contributed by atoms with van der Waals surface area (Å²) in [4.78, 5) is 12.2. The van der Waals surface area contributed by atoms with Crippen LogP contribution in [0.25, 0.3) is 11.0 Å². The van der Waals surface area contributed by atoms with Gasteiger partial charge in [-0.2, -0.15) is 0 Å². The number of benzene rings is 2. The Hall–Kier alpha value is -3.29. The van der Waals surface area contributed by atoms with E-state index in [0.717, 1.165) is 52.9 Å². The minimum Gasteiger partial charge on any atom is -0.487 e. The second-order valence-electron chi connectivity index (χ2n) is 7.45. The third-order valence-electron chi connectivity index (χ3n) is 5.05. The van der Waals surface area contributed by atoms with Crippen LogP contribution in [0.5, 0.6) is 5.75 Å². The van der Waals surface area contributed by atoms with Gasteiger partial charge >= 0.3 is 0 Å². The van der Waals surface area contributed by atoms with Crippen LogP contribution in [0.1, 0.15) is 11.3 Å². The van der Waals surface area contributed by atoms with E-state index in [-0.39, 0.29) is 0 Å². The van der Waals surface area contributed by atoms with Crippen molar-refractivity contribution in [3.05, 3.63) is 77.1 Å². The Morgan fingerprint density at radius 1 is 1.10 bits per heavy atom. The minimum atomic E-state index is 0.396. The fourth-order valence-corrected chi connectivity index (χ4v) is 3.39. The van der Waals surface area contributed by atoms with E-state index in [1.807, 2.05) is 42.5 Å². The van der Waals surface area contributed by atoms with Crippen molar-refractivity contribution in [3.8, 4) is 5.75 Å². The number of fused-ring (bicyclic) bond motifs is 1. The monoisotopic (exact) mass is 435 g/mol. The molecule has 0 unspecified atom stereocenters. The number of aromatic nitrogens is 3. The fourth-order valence-electron chi connectivity index (χ4n) is 3.28. The fraction of sp³-hybridized carbons (Fsp3) is 0.217. The van der Waals surface area contributed by atoms with Crippen LogP contribution < -0.4 is 15.4 Å². The Bertz CT molecular complexity index is 1160. The van der Waals surface area contributed by atoms with Crippen LogP contribution in [0, 0.1) is 0 Å². The molecule has 0 spiro atoms. The first-order valence-corrected chi connectivity index (χ1v) is 10.5. The molecule has 7 nitrogen and oxygen atoms in total. The van der Waals surface area contributed by atoms with Crippen LogP contribution in [0.4, 0.5) is 11.6 Å². The zero-order chi connectivity index (χ0) is 21.0. The van der Waals surface area contributed by atoms with Gasteiger partial charge in [-0.3, -0.25) is 4.98 Å². The molecular weight excluding hydrogens is 414 g/mol. The van der Waals surface area contributed by atoms with E-state index in [2.05, 4.69) is 31.7 Å². The third kappa shape index (κ3) is 4.90. The Kier molecular flexibility index (Phi) is 5.60. The van der Waals surface area contributed by atoms with Gasteiger partial charge in [0.15, 0.2) is 0 Å². The van der Waals surface area contributed by atoms with Crippen molar-refractivity contribution in [2.24, 2.45) is 0 Å². The van der Waals surface area contributed by atoms with Gasteiger partial charge in [0, 0.05) is 18.4 Å². The number of ether oxygens (including phenoxy) is 2. The first kappa shape index (κ1) is 19.7. The molecule has 3 heterocycles. The Labute approximate surface area is 184 Å². The number of anilines is 2. The number of rotatable bonds is 8. The molecule has 5 rings (SSSR count). The van der Waals surface area contributed by atoms with E-state index < -0.39 is 0 Å². The van der Waals surface area contributed by atoms with Crippen LogP contribution in [0.2, 0.25) is 5.02 Å². The van der Waals surface area contributed by atoms with Crippen molar-refractivity contribution < 1.29 is 9.47 Å². The van der Waals surface area contributed by atoms with Crippen LogP contribution in [0.3, 0.4) is 0 Å². The van der Waals surface area contributed by atoms with E-state index in [1.165, 1.54) is 0 Å². The molecule has 0 bridgehead atoms. The van der Waals surface area contributed by atoms with Gasteiger partial charge in [0.05, 0.1) is 41.0 Å². The van der Waals surface area contributed by atoms with E-state index in [9.17, 15) is 0 Å². The predicted octanol–water partition coefficient (Wildman–Crippen LogP) is 4.61. The van der Waals surface area contributed by atoms with Crippen molar-refractivity contribution >= 4 is 34.3 Å². The first-order chi connectivity index (χ1) is 15.2. The maximum absolute atomic E-state index is 5.85. The van der Waals surface area contributed by atoms with Crippen molar-refractivity contribution in [2.45, 2.75) is 19.2 Å². The molecule has 0 saturated carbocycles. The topological polar surface area (TPSA) is 84.1 Å². The number of aromatic amines is 1. The number of hydrogen-bond acceptors (Lipinski definition) is 6. The summed E-state index contributed by atoms with van der Waals surface area (Å²) in [5.41, 5.74) is 4.95. The normalized spacial score (nSPS) is 13.7. The van der Waals surface area contributed by atoms with Crippen LogP contribution in [0.15, 0.2) is 60.8 Å². The summed E-state index contributed by atoms with van der Waals surface area (Å²) in [6.07, 6.45) is 1.62. The molecular formula is C23H22ClN5O2. The largest absolute Gasteiger partial charge is 0.487 e. The first-order valence-electron chi connectivity index (χ1n) is 10.1. The summed E-state index contributed by atoms with van der Waals surface area (Å²) in [6, 6.07) is 18.2. The average molecular weight is 436 g/mol. The molecule has 0 amide bonds. The quantitative estimate of drug-likeness (QED) is 0.374. The number of nitrogens with one attached hydrogen (secondary N) is 3. The van der Waals surface area contributed by atoms with Crippen molar-refractivity contribution in [3.63, 3.8) is 0 Å². The molecule has 2 aromatic heterocycles. The zero-order valence-electron chi connectivity index (χ0n) is 16.8. The molecule has 3 N–H and O–H groups in total. The molecule has 31 heavy (non-hydrogen) atoms. The van der Waals surface area contributed by atoms with Crippen molar-refractivity contribution in [1.82, 2.24) is 15.0 Å². The van der Waals surface area contributed by atoms with Gasteiger partial charge in [0.1, 0.15) is 12.4 Å². The van der Waals surface area contributed by atoms with Crippen LogP contribution in [-0.4, -0.2) is 34.2 Å². The Morgan fingerprint density at radius 3 is 2.71 bits per heavy atom. The second-order valence-corrected chi connectivity index (χ2v) is 7.89. The van der Waals surface area contributed by atoms with Gasteiger partial charge in [0.25, 0.3) is 0 Å². The molecule has 0 radical (unpaired) electrons. The number of H-pyrrole nitrogens is 1. The number of imidazole rings is 1. The highest BCUT2D eigenvalue weighted by Crippen LogP contribution is 2.21. The van der Waals surface area contributed by atoms with Gasteiger partial charge in [0.2, 0.25) is 5.95 Å². The lowest BCUT2D eigenvalue weighted by molar-refractivity contribution is 0.0211. The van der Waals surface area contributed by atoms with E-state index in [0.29, 0.717) is 24.2 Å². The van der Waals surface area contributed by atoms with Gasteiger partial charge in [-0.25, -0.2) is 4.98 Å². The SMILES string of the molecule is Clc1ccc(COc2ccc(CNc3nc4ccc(NC5COC5)cc4[nH]3)cc2)nc1. The van der Waals surface area contributed by atoms with E-state index in [1.54, 1.807) is 12.3 Å². The highest BCUT2D eigenvalue weighted by Gasteiger charge is 2.17. The average Bonchev–Trinajstić information content (AvgIpc) is 3.17. The summed E-state index contributed by atoms with van der Waals surface area (Å²) in [5, 5.41) is 7.41. The predicted molar refractivity (Wildman–Crippen MR) is 122 cm³/mol. The summed E-state index contributed by atoms with van der Waals surface area (Å²) < 4.78 is 11.0. The zero-order valence-corrected chi connectivity index (χ0v) is 17.5. The van der Waals surface area contributed by atoms with Crippen molar-refractivity contribution in [2.75, 3.05) is 23.8 Å². The van der Waals surface area contributed by atoms with Gasteiger partial charge in [-0.15, -0.1) is 0 Å². The van der Waals surface area contributed by atoms with E-state index >= 15 is 0 Å². The van der Waals surface area contributed by atoms with Crippen LogP contribution in [-0.2, 0) is 17.9 Å². The number of hydrogen-bond donors (Lipinski definition) is 3. The van der Waals surface area contributed by atoms with Crippen molar-refractivity contribution in [1.29, 1.82) is 0 Å². The molecule has 158 valence electrons. The molecule has 0 aliphatic carbocycles. The lowest BCUT2D eigenvalue weighted by Crippen LogP contribution is -2.40. The second kappa shape index (κ2) is 8.83. The van der Waals surface area contributed by atoms with Crippen LogP contribution >= 0.6 is 11.6 Å². The molecule has 2 aromatic carbocycles. The summed E-state index contributed by atoms with van der Waals surface area (Å²) in [7, 11) is 0. The van der Waals surface area contributed by atoms with Gasteiger partial charge < -0.3 is 25.1 Å². The highest BCUT2D eigenvalue weighted by molar-refractivity contribution is 6.30. The lowest BCUT2D eigenvalue weighted by Gasteiger charge is -2.27. The minimum absolute atomic E-state index is 0.396.